The summed E-state index contributed by atoms with van der Waals surface area (Å²) in [6.45, 7) is -0.117. The van der Waals surface area contributed by atoms with Gasteiger partial charge in [0, 0.05) is 17.6 Å². The molecule has 0 bridgehead atoms. The average molecular weight is 518 g/mol. The molecule has 10 nitrogen and oxygen atoms in total. The Balaban J connectivity index is 1.83. The molecule has 0 aliphatic heterocycles. The molecule has 0 radical (unpaired) electrons. The molecular weight excluding hydrogens is 502 g/mol. The van der Waals surface area contributed by atoms with E-state index in [9.17, 15) is 20.2 Å². The molecule has 34 heavy (non-hydrogen) atoms. The first-order valence-electron chi connectivity index (χ1n) is 9.39. The molecular formula is C21H16ClN5O5S2. The second-order valence-corrected chi connectivity index (χ2v) is 8.35. The Hall–Kier alpha value is -3.66. The number of carbonyl (C=O) groups is 1. The highest BCUT2D eigenvalue weighted by atomic mass is 35.5. The normalized spacial score (nSPS) is 10.9. The van der Waals surface area contributed by atoms with Crippen molar-refractivity contribution in [1.82, 2.24) is 9.36 Å². The molecule has 3 aromatic rings. The van der Waals surface area contributed by atoms with E-state index in [1.54, 1.807) is 24.5 Å². The van der Waals surface area contributed by atoms with Crippen LogP contribution in [0.2, 0.25) is 5.02 Å². The van der Waals surface area contributed by atoms with Gasteiger partial charge in [-0.25, -0.2) is 0 Å². The van der Waals surface area contributed by atoms with Crippen LogP contribution in [0.25, 0.3) is 6.08 Å². The first-order chi connectivity index (χ1) is 16.4. The molecule has 1 amide bonds. The molecule has 13 heteroatoms. The molecule has 0 saturated heterocycles. The van der Waals surface area contributed by atoms with Gasteiger partial charge in [-0.2, -0.15) is 14.6 Å². The standard InChI is InChI=1S/C21H16ClN5O5S2/c1-31-17-9-12(7-14(10-23)19(28)24-20-25-21(33-2)26-34-20)8-15(22)18(17)32-11-13-5-3-4-6-16(13)27(29)30/h3-9H,11H2,1-2H3,(H,24,25,26,28)/b14-7-. The molecule has 3 rings (SSSR count). The second kappa shape index (κ2) is 11.5. The van der Waals surface area contributed by atoms with Gasteiger partial charge in [-0.1, -0.05) is 35.5 Å². The van der Waals surface area contributed by atoms with Crippen LogP contribution >= 0.6 is 34.9 Å². The number of ether oxygens (including phenoxy) is 2. The molecule has 0 saturated carbocycles. The third kappa shape index (κ3) is 6.02. The summed E-state index contributed by atoms with van der Waals surface area (Å²) < 4.78 is 15.1. The molecule has 1 aromatic heterocycles. The first-order valence-corrected chi connectivity index (χ1v) is 11.8. The largest absolute Gasteiger partial charge is 0.493 e. The number of hydrogen-bond acceptors (Lipinski definition) is 10. The molecule has 174 valence electrons. The topological polar surface area (TPSA) is 140 Å². The number of methoxy groups -OCH3 is 1. The number of amides is 1. The Bertz CT molecular complexity index is 1300. The predicted octanol–water partition coefficient (Wildman–Crippen LogP) is 4.95. The lowest BCUT2D eigenvalue weighted by molar-refractivity contribution is -0.385. The number of benzene rings is 2. The number of anilines is 1. The Labute approximate surface area is 207 Å². The maximum Gasteiger partial charge on any atom is 0.276 e. The average Bonchev–Trinajstić information content (AvgIpc) is 3.29. The van der Waals surface area contributed by atoms with Crippen molar-refractivity contribution in [2.45, 2.75) is 11.8 Å². The summed E-state index contributed by atoms with van der Waals surface area (Å²) in [7, 11) is 1.40. The number of nitriles is 1. The number of aromatic nitrogens is 2. The monoisotopic (exact) mass is 517 g/mol. The predicted molar refractivity (Wildman–Crippen MR) is 129 cm³/mol. The van der Waals surface area contributed by atoms with Crippen molar-refractivity contribution < 1.29 is 19.2 Å². The summed E-state index contributed by atoms with van der Waals surface area (Å²) >= 11 is 8.70. The van der Waals surface area contributed by atoms with Gasteiger partial charge in [0.2, 0.25) is 10.3 Å². The van der Waals surface area contributed by atoms with Crippen LogP contribution in [-0.2, 0) is 11.4 Å². The van der Waals surface area contributed by atoms with Gasteiger partial charge in [-0.05, 0) is 36.1 Å². The van der Waals surface area contributed by atoms with E-state index < -0.39 is 10.8 Å². The van der Waals surface area contributed by atoms with Crippen LogP contribution in [0.5, 0.6) is 11.5 Å². The van der Waals surface area contributed by atoms with E-state index in [1.165, 1.54) is 43.1 Å². The van der Waals surface area contributed by atoms with E-state index in [0.717, 1.165) is 11.5 Å². The SMILES string of the molecule is COc1cc(/C=C(/C#N)C(=O)Nc2nc(SC)ns2)cc(Cl)c1OCc1ccccc1[N+](=O)[O-]. The number of nitrogens with one attached hydrogen (secondary N) is 1. The number of halogens is 1. The van der Waals surface area contributed by atoms with Crippen molar-refractivity contribution in [2.24, 2.45) is 0 Å². The molecule has 1 heterocycles. The lowest BCUT2D eigenvalue weighted by Crippen LogP contribution is -2.13. The Morgan fingerprint density at radius 1 is 1.41 bits per heavy atom. The molecule has 0 atom stereocenters. The summed E-state index contributed by atoms with van der Waals surface area (Å²) in [6.07, 6.45) is 3.14. The van der Waals surface area contributed by atoms with Gasteiger partial charge >= 0.3 is 0 Å². The zero-order chi connectivity index (χ0) is 24.7. The third-order valence-electron chi connectivity index (χ3n) is 4.30. The Kier molecular flexibility index (Phi) is 8.42. The van der Waals surface area contributed by atoms with Crippen LogP contribution in [0.15, 0.2) is 47.1 Å². The van der Waals surface area contributed by atoms with E-state index in [4.69, 9.17) is 21.1 Å². The maximum absolute atomic E-state index is 12.5. The molecule has 0 unspecified atom stereocenters. The van der Waals surface area contributed by atoms with Crippen molar-refractivity contribution in [1.29, 1.82) is 5.26 Å². The lowest BCUT2D eigenvalue weighted by Gasteiger charge is -2.13. The van der Waals surface area contributed by atoms with Gasteiger partial charge in [-0.15, -0.1) is 0 Å². The minimum atomic E-state index is -0.655. The minimum absolute atomic E-state index is 0.0816. The molecule has 0 spiro atoms. The lowest BCUT2D eigenvalue weighted by atomic mass is 10.1. The van der Waals surface area contributed by atoms with Crippen LogP contribution in [-0.4, -0.2) is 33.6 Å². The summed E-state index contributed by atoms with van der Waals surface area (Å²) in [5.74, 6) is -0.261. The number of carbonyl (C=O) groups excluding carboxylic acids is 1. The third-order valence-corrected chi connectivity index (χ3v) is 5.87. The summed E-state index contributed by atoms with van der Waals surface area (Å²) in [4.78, 5) is 27.3. The molecule has 0 fully saturated rings. The minimum Gasteiger partial charge on any atom is -0.493 e. The van der Waals surface area contributed by atoms with Crippen LogP contribution in [0.1, 0.15) is 11.1 Å². The van der Waals surface area contributed by atoms with E-state index in [2.05, 4.69) is 14.7 Å². The zero-order valence-corrected chi connectivity index (χ0v) is 20.2. The van der Waals surface area contributed by atoms with Gasteiger partial charge in [-0.3, -0.25) is 20.2 Å². The van der Waals surface area contributed by atoms with Crippen LogP contribution in [0, 0.1) is 21.4 Å². The van der Waals surface area contributed by atoms with Crippen LogP contribution in [0.3, 0.4) is 0 Å². The van der Waals surface area contributed by atoms with Crippen LogP contribution < -0.4 is 14.8 Å². The van der Waals surface area contributed by atoms with Gasteiger partial charge in [0.1, 0.15) is 18.2 Å². The van der Waals surface area contributed by atoms with Gasteiger partial charge in [0.05, 0.1) is 22.6 Å². The Morgan fingerprint density at radius 2 is 2.18 bits per heavy atom. The fourth-order valence-corrected chi connectivity index (χ4v) is 4.14. The van der Waals surface area contributed by atoms with Crippen molar-refractivity contribution in [2.75, 3.05) is 18.7 Å². The maximum atomic E-state index is 12.5. The van der Waals surface area contributed by atoms with E-state index in [-0.39, 0.29) is 39.5 Å². The first kappa shape index (κ1) is 25.0. The fraction of sp³-hybridized carbons (Fsp3) is 0.143. The Morgan fingerprint density at radius 3 is 2.82 bits per heavy atom. The highest BCUT2D eigenvalue weighted by molar-refractivity contribution is 7.98. The van der Waals surface area contributed by atoms with Crippen molar-refractivity contribution in [3.63, 3.8) is 0 Å². The van der Waals surface area contributed by atoms with E-state index >= 15 is 0 Å². The van der Waals surface area contributed by atoms with Crippen molar-refractivity contribution in [3.8, 4) is 17.6 Å². The van der Waals surface area contributed by atoms with Crippen LogP contribution in [0.4, 0.5) is 10.8 Å². The molecule has 0 aliphatic rings. The van der Waals surface area contributed by atoms with Crippen molar-refractivity contribution >= 4 is 57.7 Å². The van der Waals surface area contributed by atoms with E-state index in [0.29, 0.717) is 16.3 Å². The highest BCUT2D eigenvalue weighted by Gasteiger charge is 2.18. The number of rotatable bonds is 9. The number of nitrogens with zero attached hydrogens (tertiary/aromatic N) is 4. The molecule has 0 aliphatic carbocycles. The second-order valence-electron chi connectivity index (χ2n) is 6.42. The van der Waals surface area contributed by atoms with E-state index in [1.807, 2.05) is 6.07 Å². The number of thioether (sulfide) groups is 1. The van der Waals surface area contributed by atoms with Gasteiger partial charge in [0.25, 0.3) is 11.6 Å². The zero-order valence-electron chi connectivity index (χ0n) is 17.8. The number of hydrogen-bond donors (Lipinski definition) is 1. The molecule has 1 N–H and O–H groups in total. The summed E-state index contributed by atoms with van der Waals surface area (Å²) in [5, 5.41) is 24.1. The highest BCUT2D eigenvalue weighted by Crippen LogP contribution is 2.38. The number of nitro groups is 1. The smallest absolute Gasteiger partial charge is 0.276 e. The summed E-state index contributed by atoms with van der Waals surface area (Å²) in [5.41, 5.74) is 0.502. The number of nitro benzene ring substituents is 1. The quantitative estimate of drug-likeness (QED) is 0.137. The van der Waals surface area contributed by atoms with Gasteiger partial charge < -0.3 is 9.47 Å². The van der Waals surface area contributed by atoms with Gasteiger partial charge in [0.15, 0.2) is 11.5 Å². The molecule has 2 aromatic carbocycles. The van der Waals surface area contributed by atoms with Crippen molar-refractivity contribution in [3.05, 3.63) is 68.2 Å². The number of para-hydroxylation sites is 1. The fourth-order valence-electron chi connectivity index (χ4n) is 2.75. The summed E-state index contributed by atoms with van der Waals surface area (Å²) in [6, 6.07) is 11.0.